The van der Waals surface area contributed by atoms with Crippen LogP contribution in [0.1, 0.15) is 22.3 Å². The van der Waals surface area contributed by atoms with E-state index >= 15 is 0 Å². The van der Waals surface area contributed by atoms with Crippen molar-refractivity contribution in [1.29, 1.82) is 0 Å². The molecule has 0 fully saturated rings. The molecule has 0 saturated carbocycles. The first kappa shape index (κ1) is 39.6. The van der Waals surface area contributed by atoms with Gasteiger partial charge in [0.2, 0.25) is 0 Å². The molecule has 1 aromatic heterocycles. The third-order valence-corrected chi connectivity index (χ3v) is 16.0. The Labute approximate surface area is 406 Å². The van der Waals surface area contributed by atoms with E-state index in [0.717, 1.165) is 17.1 Å². The van der Waals surface area contributed by atoms with E-state index in [1.807, 2.05) is 11.3 Å². The van der Waals surface area contributed by atoms with Crippen LogP contribution in [0.3, 0.4) is 0 Å². The maximum atomic E-state index is 2.49. The molecule has 1 unspecified atom stereocenters. The van der Waals surface area contributed by atoms with Crippen LogP contribution in [0, 0.1) is 0 Å². The van der Waals surface area contributed by atoms with Gasteiger partial charge in [0.05, 0.1) is 11.1 Å². The third kappa shape index (κ3) is 6.09. The lowest BCUT2D eigenvalue weighted by molar-refractivity contribution is 0.794. The highest BCUT2D eigenvalue weighted by molar-refractivity contribution is 7.26. The molecule has 2 aliphatic carbocycles. The zero-order valence-electron chi connectivity index (χ0n) is 37.7. The highest BCUT2D eigenvalue weighted by Gasteiger charge is 2.52. The van der Waals surface area contributed by atoms with Crippen LogP contribution >= 0.6 is 11.3 Å². The Bertz CT molecular complexity index is 3920. The van der Waals surface area contributed by atoms with Crippen LogP contribution in [0.5, 0.6) is 0 Å². The zero-order valence-corrected chi connectivity index (χ0v) is 38.5. The fourth-order valence-electron chi connectivity index (χ4n) is 11.6. The molecule has 322 valence electrons. The summed E-state index contributed by atoms with van der Waals surface area (Å²) in [5.74, 6) is 0. The molecule has 1 heterocycles. The van der Waals surface area contributed by atoms with Crippen LogP contribution in [0.25, 0.3) is 86.9 Å². The standard InChI is InChI=1S/C67H43NS/c1-3-15-44(16-4-1)46-29-31-47(32-30-46)48-33-38-51(39-34-48)68(52-40-35-49(36-41-52)53-22-13-23-57-56-20-9-12-28-64(56)69-66(53)57)63-27-14-26-61-65(63)58-21-8-11-25-60(58)67(61)59-24-10-7-19-54(59)55-42-37-50(43-62(55)67)45-17-5-2-6-18-45/h1-43H. The maximum Gasteiger partial charge on any atom is 0.0726 e. The zero-order chi connectivity index (χ0) is 45.5. The number of hydrogen-bond acceptors (Lipinski definition) is 2. The van der Waals surface area contributed by atoms with Gasteiger partial charge in [0, 0.05) is 37.1 Å². The minimum atomic E-state index is -0.507. The molecular formula is C67H43NS. The molecule has 14 rings (SSSR count). The molecule has 1 atom stereocenters. The quantitative estimate of drug-likeness (QED) is 0.154. The molecule has 1 spiro atoms. The molecule has 0 radical (unpaired) electrons. The second-order valence-electron chi connectivity index (χ2n) is 18.3. The van der Waals surface area contributed by atoms with Crippen LogP contribution in [-0.4, -0.2) is 0 Å². The summed E-state index contributed by atoms with van der Waals surface area (Å²) < 4.78 is 2.64. The van der Waals surface area contributed by atoms with E-state index in [0.29, 0.717) is 0 Å². The molecule has 2 aliphatic rings. The van der Waals surface area contributed by atoms with Gasteiger partial charge in [-0.15, -0.1) is 11.3 Å². The molecule has 0 aliphatic heterocycles. The molecule has 1 nitrogen and oxygen atoms in total. The van der Waals surface area contributed by atoms with E-state index in [-0.39, 0.29) is 0 Å². The van der Waals surface area contributed by atoms with Crippen molar-refractivity contribution in [2.45, 2.75) is 5.41 Å². The van der Waals surface area contributed by atoms with Crippen LogP contribution < -0.4 is 4.90 Å². The Kier molecular flexibility index (Phi) is 9.05. The van der Waals surface area contributed by atoms with Crippen molar-refractivity contribution in [3.8, 4) is 66.8 Å². The molecule has 0 saturated heterocycles. The molecule has 0 amide bonds. The van der Waals surface area contributed by atoms with Gasteiger partial charge in [0.15, 0.2) is 0 Å². The summed E-state index contributed by atoms with van der Waals surface area (Å²) >= 11 is 1.88. The molecule has 2 heteroatoms. The first-order valence-electron chi connectivity index (χ1n) is 23.8. The highest BCUT2D eigenvalue weighted by atomic mass is 32.1. The molecule has 0 N–H and O–H groups in total. The number of rotatable bonds is 7. The van der Waals surface area contributed by atoms with Gasteiger partial charge in [-0.1, -0.05) is 218 Å². The van der Waals surface area contributed by atoms with E-state index < -0.39 is 5.41 Å². The predicted molar refractivity (Wildman–Crippen MR) is 292 cm³/mol. The fourth-order valence-corrected chi connectivity index (χ4v) is 12.9. The normalized spacial score (nSPS) is 14.1. The van der Waals surface area contributed by atoms with E-state index in [9.17, 15) is 0 Å². The number of thiophene rings is 1. The monoisotopic (exact) mass is 893 g/mol. The van der Waals surface area contributed by atoms with Gasteiger partial charge in [0.25, 0.3) is 0 Å². The molecule has 12 aromatic rings. The summed E-state index contributed by atoms with van der Waals surface area (Å²) in [4.78, 5) is 2.49. The van der Waals surface area contributed by atoms with Crippen LogP contribution in [-0.2, 0) is 5.41 Å². The Morgan fingerprint density at radius 3 is 1.45 bits per heavy atom. The van der Waals surface area contributed by atoms with Crippen molar-refractivity contribution in [2.24, 2.45) is 0 Å². The van der Waals surface area contributed by atoms with Gasteiger partial charge in [-0.3, -0.25) is 0 Å². The van der Waals surface area contributed by atoms with E-state index in [1.165, 1.54) is 109 Å². The Hall–Kier alpha value is -8.56. The highest BCUT2D eigenvalue weighted by Crippen LogP contribution is 2.65. The van der Waals surface area contributed by atoms with Gasteiger partial charge < -0.3 is 4.90 Å². The van der Waals surface area contributed by atoms with Crippen molar-refractivity contribution >= 4 is 48.6 Å². The Morgan fingerprint density at radius 1 is 0.290 bits per heavy atom. The first-order valence-corrected chi connectivity index (χ1v) is 24.6. The molecule has 11 aromatic carbocycles. The molecule has 0 bridgehead atoms. The van der Waals surface area contributed by atoms with Crippen molar-refractivity contribution < 1.29 is 0 Å². The predicted octanol–water partition coefficient (Wildman–Crippen LogP) is 18.5. The second kappa shape index (κ2) is 15.8. The summed E-state index contributed by atoms with van der Waals surface area (Å²) in [6.07, 6.45) is 0. The lowest BCUT2D eigenvalue weighted by Crippen LogP contribution is -2.26. The Morgan fingerprint density at radius 2 is 0.754 bits per heavy atom. The summed E-state index contributed by atoms with van der Waals surface area (Å²) in [5, 5.41) is 2.63. The number of anilines is 3. The van der Waals surface area contributed by atoms with E-state index in [4.69, 9.17) is 0 Å². The van der Waals surface area contributed by atoms with E-state index in [1.54, 1.807) is 0 Å². The van der Waals surface area contributed by atoms with Crippen LogP contribution in [0.2, 0.25) is 0 Å². The van der Waals surface area contributed by atoms with E-state index in [2.05, 4.69) is 266 Å². The Balaban J connectivity index is 0.955. The summed E-state index contributed by atoms with van der Waals surface area (Å²) in [5.41, 5.74) is 23.0. The average molecular weight is 894 g/mol. The lowest BCUT2D eigenvalue weighted by Gasteiger charge is -2.32. The van der Waals surface area contributed by atoms with Gasteiger partial charge in [-0.2, -0.15) is 0 Å². The van der Waals surface area contributed by atoms with Gasteiger partial charge in [-0.05, 0) is 126 Å². The van der Waals surface area contributed by atoms with Gasteiger partial charge in [-0.25, -0.2) is 0 Å². The lowest BCUT2D eigenvalue weighted by atomic mass is 9.70. The topological polar surface area (TPSA) is 3.24 Å². The minimum absolute atomic E-state index is 0.507. The number of fused-ring (bicyclic) bond motifs is 13. The average Bonchev–Trinajstić information content (AvgIpc) is 4.06. The number of benzene rings is 11. The molecular weight excluding hydrogens is 851 g/mol. The second-order valence-corrected chi connectivity index (χ2v) is 19.4. The molecule has 69 heavy (non-hydrogen) atoms. The number of nitrogens with zero attached hydrogens (tertiary/aromatic N) is 1. The van der Waals surface area contributed by atoms with Crippen molar-refractivity contribution in [2.75, 3.05) is 4.90 Å². The SMILES string of the molecule is c1ccc(-c2ccc(-c3ccc(N(c4ccc(-c5cccc6c5sc5ccccc56)cc4)c4cccc5c4-c4ccccc4C54c5ccccc5-c5ccc(-c6ccccc6)cc54)cc3)cc2)cc1. The number of hydrogen-bond donors (Lipinski definition) is 0. The van der Waals surface area contributed by atoms with Crippen molar-refractivity contribution in [3.05, 3.63) is 283 Å². The smallest absolute Gasteiger partial charge is 0.0726 e. The fraction of sp³-hybridized carbons (Fsp3) is 0.0149. The first-order chi connectivity index (χ1) is 34.2. The van der Waals surface area contributed by atoms with Gasteiger partial charge in [0.1, 0.15) is 0 Å². The summed E-state index contributed by atoms with van der Waals surface area (Å²) in [7, 11) is 0. The summed E-state index contributed by atoms with van der Waals surface area (Å²) in [6, 6.07) is 96.7. The summed E-state index contributed by atoms with van der Waals surface area (Å²) in [6.45, 7) is 0. The van der Waals surface area contributed by atoms with Crippen LogP contribution in [0.4, 0.5) is 17.1 Å². The van der Waals surface area contributed by atoms with Gasteiger partial charge >= 0.3 is 0 Å². The largest absolute Gasteiger partial charge is 0.310 e. The maximum absolute atomic E-state index is 2.49. The van der Waals surface area contributed by atoms with Crippen LogP contribution in [0.15, 0.2) is 261 Å². The van der Waals surface area contributed by atoms with Crippen molar-refractivity contribution in [1.82, 2.24) is 0 Å². The van der Waals surface area contributed by atoms with Crippen molar-refractivity contribution in [3.63, 3.8) is 0 Å². The minimum Gasteiger partial charge on any atom is -0.310 e. The third-order valence-electron chi connectivity index (χ3n) is 14.7.